The molecule has 0 unspecified atom stereocenters. The summed E-state index contributed by atoms with van der Waals surface area (Å²) in [4.78, 5) is 16.5. The Kier molecular flexibility index (Phi) is 4.56. The minimum absolute atomic E-state index is 0.153. The molecular formula is C15H23N3O. The molecule has 1 fully saturated rings. The van der Waals surface area contributed by atoms with E-state index in [1.54, 1.807) is 4.90 Å². The number of benzene rings is 1. The molecule has 0 saturated carbocycles. The van der Waals surface area contributed by atoms with E-state index in [2.05, 4.69) is 17.1 Å². The molecule has 1 aliphatic heterocycles. The van der Waals surface area contributed by atoms with Gasteiger partial charge < -0.3 is 10.2 Å². The molecule has 19 heavy (non-hydrogen) atoms. The highest BCUT2D eigenvalue weighted by molar-refractivity contribution is 5.82. The lowest BCUT2D eigenvalue weighted by molar-refractivity contribution is -0.135. The van der Waals surface area contributed by atoms with Crippen LogP contribution in [0.4, 0.5) is 0 Å². The Hall–Kier alpha value is -1.39. The molecule has 104 valence electrons. The van der Waals surface area contributed by atoms with Crippen molar-refractivity contribution in [2.75, 3.05) is 33.7 Å². The van der Waals surface area contributed by atoms with Crippen LogP contribution in [0.2, 0.25) is 0 Å². The van der Waals surface area contributed by atoms with Crippen LogP contribution in [0.3, 0.4) is 0 Å². The third kappa shape index (κ3) is 3.33. The van der Waals surface area contributed by atoms with Gasteiger partial charge in [-0.1, -0.05) is 30.3 Å². The van der Waals surface area contributed by atoms with E-state index in [-0.39, 0.29) is 11.9 Å². The molecule has 1 amide bonds. The van der Waals surface area contributed by atoms with Crippen LogP contribution in [0.1, 0.15) is 18.5 Å². The summed E-state index contributed by atoms with van der Waals surface area (Å²) in [6, 6.07) is 10.3. The highest BCUT2D eigenvalue weighted by Crippen LogP contribution is 2.23. The highest BCUT2D eigenvalue weighted by Gasteiger charge is 2.31. The third-order valence-corrected chi connectivity index (χ3v) is 3.56. The Labute approximate surface area is 115 Å². The highest BCUT2D eigenvalue weighted by atomic mass is 16.2. The standard InChI is InChI=1S/C15H23N3O/c1-12-11-18(10-9-16-12)14(15(19)17(2)3)13-7-5-4-6-8-13/h4-8,12,14,16H,9-11H2,1-3H3/t12-,14+/m1/s1. The second kappa shape index (κ2) is 6.17. The molecule has 0 aromatic heterocycles. The quantitative estimate of drug-likeness (QED) is 0.885. The van der Waals surface area contributed by atoms with Gasteiger partial charge in [-0.05, 0) is 12.5 Å². The molecule has 4 heteroatoms. The van der Waals surface area contributed by atoms with Crippen LogP contribution in [0.25, 0.3) is 0 Å². The Morgan fingerprint density at radius 3 is 2.63 bits per heavy atom. The van der Waals surface area contributed by atoms with Crippen LogP contribution in [0.15, 0.2) is 30.3 Å². The summed E-state index contributed by atoms with van der Waals surface area (Å²) in [5.74, 6) is 0.153. The number of carbonyl (C=O) groups is 1. The number of piperazine rings is 1. The van der Waals surface area contributed by atoms with Crippen molar-refractivity contribution in [2.24, 2.45) is 0 Å². The van der Waals surface area contributed by atoms with Gasteiger partial charge >= 0.3 is 0 Å². The van der Waals surface area contributed by atoms with Crippen molar-refractivity contribution >= 4 is 5.91 Å². The predicted molar refractivity (Wildman–Crippen MR) is 76.9 cm³/mol. The monoisotopic (exact) mass is 261 g/mol. The molecule has 1 aliphatic rings. The van der Waals surface area contributed by atoms with Crippen molar-refractivity contribution in [3.05, 3.63) is 35.9 Å². The zero-order valence-electron chi connectivity index (χ0n) is 12.0. The van der Waals surface area contributed by atoms with Gasteiger partial charge in [0.15, 0.2) is 0 Å². The summed E-state index contributed by atoms with van der Waals surface area (Å²) in [6.45, 7) is 4.90. The molecule has 0 bridgehead atoms. The molecule has 0 radical (unpaired) electrons. The van der Waals surface area contributed by atoms with Gasteiger partial charge in [-0.25, -0.2) is 0 Å². The molecule has 1 aromatic rings. The number of hydrogen-bond acceptors (Lipinski definition) is 3. The lowest BCUT2D eigenvalue weighted by atomic mass is 10.0. The smallest absolute Gasteiger partial charge is 0.244 e. The van der Waals surface area contributed by atoms with Crippen LogP contribution in [0, 0.1) is 0 Å². The summed E-state index contributed by atoms with van der Waals surface area (Å²) in [5, 5.41) is 3.42. The van der Waals surface area contributed by atoms with Gasteiger partial charge in [-0.15, -0.1) is 0 Å². The minimum Gasteiger partial charge on any atom is -0.347 e. The maximum atomic E-state index is 12.5. The molecule has 1 saturated heterocycles. The number of carbonyl (C=O) groups excluding carboxylic acids is 1. The molecule has 1 heterocycles. The normalized spacial score (nSPS) is 21.9. The molecule has 1 aromatic carbocycles. The fraction of sp³-hybridized carbons (Fsp3) is 0.533. The van der Waals surface area contributed by atoms with Crippen LogP contribution in [-0.4, -0.2) is 55.5 Å². The fourth-order valence-electron chi connectivity index (χ4n) is 2.59. The SMILES string of the molecule is C[C@@H]1CN([C@H](C(=O)N(C)C)c2ccccc2)CCN1. The molecule has 1 N–H and O–H groups in total. The van der Waals surface area contributed by atoms with Gasteiger partial charge in [-0.3, -0.25) is 9.69 Å². The Bertz CT molecular complexity index is 419. The number of hydrogen-bond donors (Lipinski definition) is 1. The van der Waals surface area contributed by atoms with E-state index >= 15 is 0 Å². The maximum Gasteiger partial charge on any atom is 0.244 e. The van der Waals surface area contributed by atoms with Crippen LogP contribution in [0.5, 0.6) is 0 Å². The summed E-state index contributed by atoms with van der Waals surface area (Å²) in [5.41, 5.74) is 1.08. The first-order chi connectivity index (χ1) is 9.09. The number of amides is 1. The second-order valence-corrected chi connectivity index (χ2v) is 5.40. The minimum atomic E-state index is -0.166. The third-order valence-electron chi connectivity index (χ3n) is 3.56. The van der Waals surface area contributed by atoms with Gasteiger partial charge in [0.05, 0.1) is 0 Å². The van der Waals surface area contributed by atoms with Crippen LogP contribution < -0.4 is 5.32 Å². The molecular weight excluding hydrogens is 238 g/mol. The van der Waals surface area contributed by atoms with E-state index in [4.69, 9.17) is 0 Å². The van der Waals surface area contributed by atoms with E-state index in [0.29, 0.717) is 6.04 Å². The van der Waals surface area contributed by atoms with Gasteiger partial charge in [0.2, 0.25) is 5.91 Å². The fourth-order valence-corrected chi connectivity index (χ4v) is 2.59. The average Bonchev–Trinajstić information content (AvgIpc) is 2.40. The lowest BCUT2D eigenvalue weighted by Crippen LogP contribution is -2.53. The second-order valence-electron chi connectivity index (χ2n) is 5.40. The van der Waals surface area contributed by atoms with E-state index in [1.165, 1.54) is 0 Å². The summed E-state index contributed by atoms with van der Waals surface area (Å²) in [6.07, 6.45) is 0. The van der Waals surface area contributed by atoms with E-state index < -0.39 is 0 Å². The molecule has 4 nitrogen and oxygen atoms in total. The first-order valence-electron chi connectivity index (χ1n) is 6.83. The Morgan fingerprint density at radius 1 is 1.37 bits per heavy atom. The zero-order chi connectivity index (χ0) is 13.8. The van der Waals surface area contributed by atoms with Crippen molar-refractivity contribution in [2.45, 2.75) is 19.0 Å². The number of rotatable bonds is 3. The van der Waals surface area contributed by atoms with Crippen molar-refractivity contribution in [3.8, 4) is 0 Å². The van der Waals surface area contributed by atoms with Crippen LogP contribution in [-0.2, 0) is 4.79 Å². The maximum absolute atomic E-state index is 12.5. The summed E-state index contributed by atoms with van der Waals surface area (Å²) in [7, 11) is 3.65. The number of nitrogens with one attached hydrogen (secondary N) is 1. The van der Waals surface area contributed by atoms with Gasteiger partial charge in [0.1, 0.15) is 6.04 Å². The topological polar surface area (TPSA) is 35.6 Å². The van der Waals surface area contributed by atoms with Gasteiger partial charge in [-0.2, -0.15) is 0 Å². The van der Waals surface area contributed by atoms with Crippen molar-refractivity contribution in [1.82, 2.24) is 15.1 Å². The molecule has 2 rings (SSSR count). The summed E-state index contributed by atoms with van der Waals surface area (Å²) >= 11 is 0. The zero-order valence-corrected chi connectivity index (χ0v) is 12.0. The van der Waals surface area contributed by atoms with E-state index in [0.717, 1.165) is 25.2 Å². The summed E-state index contributed by atoms with van der Waals surface area (Å²) < 4.78 is 0. The number of nitrogens with zero attached hydrogens (tertiary/aromatic N) is 2. The largest absolute Gasteiger partial charge is 0.347 e. The van der Waals surface area contributed by atoms with E-state index in [9.17, 15) is 4.79 Å². The van der Waals surface area contributed by atoms with Gasteiger partial charge in [0, 0.05) is 39.8 Å². The van der Waals surface area contributed by atoms with Crippen molar-refractivity contribution in [3.63, 3.8) is 0 Å². The van der Waals surface area contributed by atoms with E-state index in [1.807, 2.05) is 44.4 Å². The van der Waals surface area contributed by atoms with Crippen LogP contribution >= 0.6 is 0 Å². The first-order valence-corrected chi connectivity index (χ1v) is 6.83. The lowest BCUT2D eigenvalue weighted by Gasteiger charge is -2.38. The number of likely N-dealkylation sites (N-methyl/N-ethyl adjacent to an activating group) is 1. The molecule has 2 atom stereocenters. The first kappa shape index (κ1) is 14.0. The Balaban J connectivity index is 2.26. The average molecular weight is 261 g/mol. The molecule has 0 spiro atoms. The predicted octanol–water partition coefficient (Wildman–Crippen LogP) is 1.11. The Morgan fingerprint density at radius 2 is 2.05 bits per heavy atom. The van der Waals surface area contributed by atoms with Crippen molar-refractivity contribution in [1.29, 1.82) is 0 Å². The molecule has 0 aliphatic carbocycles. The van der Waals surface area contributed by atoms with Gasteiger partial charge in [0.25, 0.3) is 0 Å². The van der Waals surface area contributed by atoms with Crippen molar-refractivity contribution < 1.29 is 4.79 Å².